The molecule has 0 saturated carbocycles. The summed E-state index contributed by atoms with van der Waals surface area (Å²) >= 11 is 0. The van der Waals surface area contributed by atoms with Crippen LogP contribution in [0.2, 0.25) is 0 Å². The Bertz CT molecular complexity index is 623. The summed E-state index contributed by atoms with van der Waals surface area (Å²) in [5.74, 6) is 0.728. The Morgan fingerprint density at radius 1 is 1.44 bits per heavy atom. The fraction of sp³-hybridized carbons (Fsp3) is 0.167. The third-order valence-electron chi connectivity index (χ3n) is 2.25. The third-order valence-corrected chi connectivity index (χ3v) is 2.25. The van der Waals surface area contributed by atoms with E-state index in [-0.39, 0.29) is 11.1 Å². The minimum Gasteiger partial charge on any atom is -0.494 e. The molecule has 1 aromatic heterocycles. The Balaban J connectivity index is 2.64. The molecule has 0 spiro atoms. The second-order valence-electron chi connectivity index (χ2n) is 3.31. The highest BCUT2D eigenvalue weighted by molar-refractivity contribution is 5.81. The van der Waals surface area contributed by atoms with Gasteiger partial charge in [0.15, 0.2) is 0 Å². The first-order valence-electron chi connectivity index (χ1n) is 4.94. The predicted molar refractivity (Wildman–Crippen MR) is 60.5 cm³/mol. The average Bonchev–Trinajstić information content (AvgIpc) is 2.29. The molecule has 4 heteroatoms. The van der Waals surface area contributed by atoms with Crippen molar-refractivity contribution in [2.75, 3.05) is 6.61 Å². The average molecular weight is 214 g/mol. The smallest absolute Gasteiger partial charge is 0.266 e. The van der Waals surface area contributed by atoms with Crippen LogP contribution >= 0.6 is 0 Å². The number of ether oxygens (including phenoxy) is 1. The lowest BCUT2D eigenvalue weighted by atomic mass is 10.1. The molecular formula is C12H10N2O2. The summed E-state index contributed by atoms with van der Waals surface area (Å²) in [5.41, 5.74) is 0.452. The second kappa shape index (κ2) is 4.07. The number of hydrogen-bond donors (Lipinski definition) is 1. The second-order valence-corrected chi connectivity index (χ2v) is 3.31. The van der Waals surface area contributed by atoms with E-state index in [2.05, 4.69) is 4.98 Å². The highest BCUT2D eigenvalue weighted by atomic mass is 16.5. The molecule has 0 fully saturated rings. The molecule has 0 aliphatic rings. The normalized spacial score (nSPS) is 10.0. The Morgan fingerprint density at radius 2 is 2.25 bits per heavy atom. The van der Waals surface area contributed by atoms with Crippen LogP contribution in [0.5, 0.6) is 5.75 Å². The van der Waals surface area contributed by atoms with Crippen LogP contribution in [-0.2, 0) is 0 Å². The van der Waals surface area contributed by atoms with Crippen LogP contribution in [0.1, 0.15) is 12.5 Å². The van der Waals surface area contributed by atoms with Gasteiger partial charge in [0.2, 0.25) is 0 Å². The molecule has 2 aromatic rings. The zero-order chi connectivity index (χ0) is 11.5. The SMILES string of the molecule is CCOc1ccc2[nH]c(=O)c(C#N)cc2c1. The van der Waals surface area contributed by atoms with Crippen molar-refractivity contribution < 1.29 is 4.74 Å². The highest BCUT2D eigenvalue weighted by Gasteiger charge is 2.02. The molecule has 0 atom stereocenters. The Morgan fingerprint density at radius 3 is 2.94 bits per heavy atom. The molecule has 1 aromatic carbocycles. The lowest BCUT2D eigenvalue weighted by molar-refractivity contribution is 0.340. The van der Waals surface area contributed by atoms with Gasteiger partial charge in [0, 0.05) is 10.9 Å². The molecule has 4 nitrogen and oxygen atoms in total. The maximum Gasteiger partial charge on any atom is 0.266 e. The highest BCUT2D eigenvalue weighted by Crippen LogP contribution is 2.18. The molecule has 1 N–H and O–H groups in total. The number of benzene rings is 1. The van der Waals surface area contributed by atoms with Gasteiger partial charge in [-0.3, -0.25) is 4.79 Å². The van der Waals surface area contributed by atoms with E-state index in [1.165, 1.54) is 0 Å². The number of nitriles is 1. The number of fused-ring (bicyclic) bond motifs is 1. The van der Waals surface area contributed by atoms with E-state index in [9.17, 15) is 4.79 Å². The van der Waals surface area contributed by atoms with E-state index in [1.54, 1.807) is 24.3 Å². The van der Waals surface area contributed by atoms with Gasteiger partial charge < -0.3 is 9.72 Å². The van der Waals surface area contributed by atoms with Crippen LogP contribution in [0.3, 0.4) is 0 Å². The van der Waals surface area contributed by atoms with Gasteiger partial charge in [-0.1, -0.05) is 0 Å². The number of hydrogen-bond acceptors (Lipinski definition) is 3. The number of H-pyrrole nitrogens is 1. The summed E-state index contributed by atoms with van der Waals surface area (Å²) in [6.45, 7) is 2.48. The van der Waals surface area contributed by atoms with Crippen LogP contribution in [0, 0.1) is 11.3 Å². The van der Waals surface area contributed by atoms with E-state index in [0.717, 1.165) is 11.1 Å². The fourth-order valence-electron chi connectivity index (χ4n) is 1.52. The molecule has 0 amide bonds. The lowest BCUT2D eigenvalue weighted by Crippen LogP contribution is -2.09. The minimum absolute atomic E-state index is 0.112. The van der Waals surface area contributed by atoms with Crippen molar-refractivity contribution in [2.24, 2.45) is 0 Å². The quantitative estimate of drug-likeness (QED) is 0.828. The molecule has 16 heavy (non-hydrogen) atoms. The van der Waals surface area contributed by atoms with Crippen molar-refractivity contribution in [3.05, 3.63) is 40.2 Å². The van der Waals surface area contributed by atoms with E-state index < -0.39 is 0 Å². The van der Waals surface area contributed by atoms with Crippen molar-refractivity contribution in [3.8, 4) is 11.8 Å². The molecule has 2 rings (SSSR count). The standard InChI is InChI=1S/C12H10N2O2/c1-2-16-10-3-4-11-8(6-10)5-9(7-13)12(15)14-11/h3-6H,2H2,1H3,(H,14,15). The van der Waals surface area contributed by atoms with Crippen molar-refractivity contribution in [1.82, 2.24) is 4.98 Å². The molecule has 0 aliphatic carbocycles. The number of rotatable bonds is 2. The first-order chi connectivity index (χ1) is 7.74. The number of aromatic amines is 1. The number of nitrogens with one attached hydrogen (secondary N) is 1. The molecule has 0 radical (unpaired) electrons. The van der Waals surface area contributed by atoms with E-state index in [0.29, 0.717) is 12.1 Å². The van der Waals surface area contributed by atoms with Crippen LogP contribution in [0.15, 0.2) is 29.1 Å². The van der Waals surface area contributed by atoms with Crippen molar-refractivity contribution in [3.63, 3.8) is 0 Å². The number of pyridine rings is 1. The summed E-state index contributed by atoms with van der Waals surface area (Å²) in [6, 6.07) is 8.77. The van der Waals surface area contributed by atoms with E-state index >= 15 is 0 Å². The molecule has 80 valence electrons. The minimum atomic E-state index is -0.362. The summed E-state index contributed by atoms with van der Waals surface area (Å²) in [4.78, 5) is 14.0. The largest absolute Gasteiger partial charge is 0.494 e. The monoisotopic (exact) mass is 214 g/mol. The zero-order valence-electron chi connectivity index (χ0n) is 8.78. The van der Waals surface area contributed by atoms with Crippen molar-refractivity contribution in [2.45, 2.75) is 6.92 Å². The van der Waals surface area contributed by atoms with E-state index in [4.69, 9.17) is 10.00 Å². The van der Waals surface area contributed by atoms with Crippen LogP contribution in [0.4, 0.5) is 0 Å². The first kappa shape index (κ1) is 10.2. The van der Waals surface area contributed by atoms with Gasteiger partial charge in [-0.2, -0.15) is 5.26 Å². The fourth-order valence-corrected chi connectivity index (χ4v) is 1.52. The van der Waals surface area contributed by atoms with Crippen LogP contribution in [-0.4, -0.2) is 11.6 Å². The molecule has 0 bridgehead atoms. The van der Waals surface area contributed by atoms with Gasteiger partial charge in [0.05, 0.1) is 6.61 Å². The Labute approximate surface area is 92.1 Å². The topological polar surface area (TPSA) is 65.9 Å². The van der Waals surface area contributed by atoms with E-state index in [1.807, 2.05) is 13.0 Å². The van der Waals surface area contributed by atoms with Gasteiger partial charge in [0.25, 0.3) is 5.56 Å². The summed E-state index contributed by atoms with van der Waals surface area (Å²) in [5, 5.41) is 9.54. The molecule has 0 unspecified atom stereocenters. The van der Waals surface area contributed by atoms with Gasteiger partial charge in [-0.15, -0.1) is 0 Å². The Kier molecular flexibility index (Phi) is 2.61. The summed E-state index contributed by atoms with van der Waals surface area (Å²) < 4.78 is 5.34. The molecule has 0 saturated heterocycles. The number of nitrogens with zero attached hydrogens (tertiary/aromatic N) is 1. The predicted octanol–water partition coefficient (Wildman–Crippen LogP) is 1.80. The third kappa shape index (κ3) is 1.75. The number of aromatic nitrogens is 1. The molecule has 0 aliphatic heterocycles. The Hall–Kier alpha value is -2.28. The first-order valence-corrected chi connectivity index (χ1v) is 4.94. The van der Waals surface area contributed by atoms with Gasteiger partial charge in [-0.25, -0.2) is 0 Å². The van der Waals surface area contributed by atoms with Gasteiger partial charge >= 0.3 is 0 Å². The molecule has 1 heterocycles. The van der Waals surface area contributed by atoms with Crippen LogP contribution < -0.4 is 10.3 Å². The lowest BCUT2D eigenvalue weighted by Gasteiger charge is -2.04. The molecular weight excluding hydrogens is 204 g/mol. The maximum atomic E-state index is 11.4. The summed E-state index contributed by atoms with van der Waals surface area (Å²) in [7, 11) is 0. The maximum absolute atomic E-state index is 11.4. The van der Waals surface area contributed by atoms with Gasteiger partial charge in [0.1, 0.15) is 17.4 Å². The van der Waals surface area contributed by atoms with Crippen molar-refractivity contribution >= 4 is 10.9 Å². The summed E-state index contributed by atoms with van der Waals surface area (Å²) in [6.07, 6.45) is 0. The van der Waals surface area contributed by atoms with Crippen LogP contribution in [0.25, 0.3) is 10.9 Å². The zero-order valence-corrected chi connectivity index (χ0v) is 8.78. The van der Waals surface area contributed by atoms with Crippen molar-refractivity contribution in [1.29, 1.82) is 5.26 Å². The van der Waals surface area contributed by atoms with Gasteiger partial charge in [-0.05, 0) is 31.2 Å².